The molecule has 0 radical (unpaired) electrons. The maximum atomic E-state index is 6.26. The van der Waals surface area contributed by atoms with E-state index in [4.69, 9.17) is 16.6 Å². The zero-order valence-corrected chi connectivity index (χ0v) is 12.7. The van der Waals surface area contributed by atoms with Gasteiger partial charge in [-0.1, -0.05) is 39.3 Å². The van der Waals surface area contributed by atoms with Crippen molar-refractivity contribution >= 4 is 17.4 Å². The van der Waals surface area contributed by atoms with Crippen molar-refractivity contribution in [2.45, 2.75) is 46.5 Å². The Labute approximate surface area is 115 Å². The van der Waals surface area contributed by atoms with Crippen LogP contribution in [0.15, 0.2) is 0 Å². The van der Waals surface area contributed by atoms with Gasteiger partial charge in [-0.15, -0.1) is 0 Å². The molecule has 3 nitrogen and oxygen atoms in total. The predicted molar refractivity (Wildman–Crippen MR) is 76.5 cm³/mol. The van der Waals surface area contributed by atoms with E-state index >= 15 is 0 Å². The Bertz CT molecular complexity index is 451. The summed E-state index contributed by atoms with van der Waals surface area (Å²) in [6.07, 6.45) is 1.23. The molecule has 0 aromatic carbocycles. The summed E-state index contributed by atoms with van der Waals surface area (Å²) in [5, 5.41) is 0.587. The first-order chi connectivity index (χ1) is 8.29. The topological polar surface area (TPSA) is 29.0 Å². The average Bonchev–Trinajstić information content (AvgIpc) is 2.67. The summed E-state index contributed by atoms with van der Waals surface area (Å²) in [5.41, 5.74) is 0.927. The molecular formula is C14H22ClN3. The molecule has 0 saturated carbocycles. The van der Waals surface area contributed by atoms with Crippen LogP contribution >= 0.6 is 11.6 Å². The number of anilines is 1. The Morgan fingerprint density at radius 3 is 2.44 bits per heavy atom. The van der Waals surface area contributed by atoms with Gasteiger partial charge in [0.05, 0.1) is 0 Å². The summed E-state index contributed by atoms with van der Waals surface area (Å²) in [6, 6.07) is 0. The Balaban J connectivity index is 2.43. The second-order valence-corrected chi connectivity index (χ2v) is 6.73. The molecule has 1 atom stereocenters. The summed E-state index contributed by atoms with van der Waals surface area (Å²) in [7, 11) is 0. The van der Waals surface area contributed by atoms with E-state index in [1.807, 2.05) is 6.92 Å². The maximum Gasteiger partial charge on any atom is 0.137 e. The average molecular weight is 268 g/mol. The number of nitrogens with zero attached hydrogens (tertiary/aromatic N) is 3. The fourth-order valence-corrected chi connectivity index (χ4v) is 2.41. The standard InChI is InChI=1S/C14H22ClN3/c1-9-6-7-18(8-9)12-10(2)11(15)16-13(17-12)14(3,4)5/h9H,6-8H2,1-5H3. The number of halogens is 1. The van der Waals surface area contributed by atoms with E-state index < -0.39 is 0 Å². The van der Waals surface area contributed by atoms with E-state index in [1.165, 1.54) is 6.42 Å². The zero-order valence-electron chi connectivity index (χ0n) is 11.9. The van der Waals surface area contributed by atoms with Crippen LogP contribution in [0.25, 0.3) is 0 Å². The first kappa shape index (κ1) is 13.6. The summed E-state index contributed by atoms with van der Waals surface area (Å²) < 4.78 is 0. The minimum absolute atomic E-state index is 0.0720. The molecule has 1 saturated heterocycles. The summed E-state index contributed by atoms with van der Waals surface area (Å²) in [4.78, 5) is 11.5. The molecule has 18 heavy (non-hydrogen) atoms. The highest BCUT2D eigenvalue weighted by molar-refractivity contribution is 6.30. The van der Waals surface area contributed by atoms with Gasteiger partial charge in [0.25, 0.3) is 0 Å². The largest absolute Gasteiger partial charge is 0.356 e. The Kier molecular flexibility index (Phi) is 3.54. The number of rotatable bonds is 1. The quantitative estimate of drug-likeness (QED) is 0.729. The fraction of sp³-hybridized carbons (Fsp3) is 0.714. The molecule has 1 fully saturated rings. The van der Waals surface area contributed by atoms with Crippen molar-refractivity contribution < 1.29 is 0 Å². The summed E-state index contributed by atoms with van der Waals surface area (Å²) >= 11 is 6.26. The van der Waals surface area contributed by atoms with Gasteiger partial charge in [-0.05, 0) is 19.3 Å². The van der Waals surface area contributed by atoms with Gasteiger partial charge in [0.15, 0.2) is 0 Å². The highest BCUT2D eigenvalue weighted by atomic mass is 35.5. The smallest absolute Gasteiger partial charge is 0.137 e. The first-order valence-corrected chi connectivity index (χ1v) is 6.96. The van der Waals surface area contributed by atoms with Crippen molar-refractivity contribution in [2.24, 2.45) is 5.92 Å². The fourth-order valence-electron chi connectivity index (χ4n) is 2.25. The lowest BCUT2D eigenvalue weighted by Gasteiger charge is -2.24. The Hall–Kier alpha value is -0.830. The van der Waals surface area contributed by atoms with Crippen LogP contribution in [0.5, 0.6) is 0 Å². The predicted octanol–water partition coefficient (Wildman–Crippen LogP) is 3.58. The molecule has 1 aliphatic rings. The highest BCUT2D eigenvalue weighted by Gasteiger charge is 2.26. The van der Waals surface area contributed by atoms with E-state index in [-0.39, 0.29) is 5.41 Å². The van der Waals surface area contributed by atoms with E-state index in [0.717, 1.165) is 36.2 Å². The third-order valence-electron chi connectivity index (χ3n) is 3.45. The van der Waals surface area contributed by atoms with Gasteiger partial charge in [0.1, 0.15) is 16.8 Å². The molecule has 1 aromatic heterocycles. The second-order valence-electron chi connectivity index (χ2n) is 6.38. The zero-order chi connectivity index (χ0) is 13.5. The molecule has 2 rings (SSSR count). The molecule has 1 unspecified atom stereocenters. The van der Waals surface area contributed by atoms with E-state index in [0.29, 0.717) is 5.15 Å². The number of hydrogen-bond acceptors (Lipinski definition) is 3. The molecule has 0 amide bonds. The maximum absolute atomic E-state index is 6.26. The minimum Gasteiger partial charge on any atom is -0.356 e. The third kappa shape index (κ3) is 2.61. The van der Waals surface area contributed by atoms with Gasteiger partial charge in [0.2, 0.25) is 0 Å². The van der Waals surface area contributed by atoms with Crippen molar-refractivity contribution in [2.75, 3.05) is 18.0 Å². The minimum atomic E-state index is -0.0720. The van der Waals surface area contributed by atoms with Crippen LogP contribution in [0.4, 0.5) is 5.82 Å². The van der Waals surface area contributed by atoms with Gasteiger partial charge in [-0.2, -0.15) is 0 Å². The SMILES string of the molecule is Cc1c(Cl)nc(C(C)(C)C)nc1N1CCC(C)C1. The van der Waals surface area contributed by atoms with E-state index in [9.17, 15) is 0 Å². The van der Waals surface area contributed by atoms with Gasteiger partial charge < -0.3 is 4.90 Å². The lowest BCUT2D eigenvalue weighted by Crippen LogP contribution is -2.25. The van der Waals surface area contributed by atoms with Crippen LogP contribution in [0.2, 0.25) is 5.15 Å². The van der Waals surface area contributed by atoms with Crippen LogP contribution in [0, 0.1) is 12.8 Å². The normalized spacial score (nSPS) is 20.6. The van der Waals surface area contributed by atoms with Crippen molar-refractivity contribution in [3.8, 4) is 0 Å². The van der Waals surface area contributed by atoms with Gasteiger partial charge in [0, 0.05) is 24.1 Å². The molecule has 1 aromatic rings. The monoisotopic (exact) mass is 267 g/mol. The molecule has 0 bridgehead atoms. The number of hydrogen-bond donors (Lipinski definition) is 0. The van der Waals surface area contributed by atoms with Gasteiger partial charge >= 0.3 is 0 Å². The summed E-state index contributed by atoms with van der Waals surface area (Å²) in [6.45, 7) is 12.8. The molecule has 0 spiro atoms. The lowest BCUT2D eigenvalue weighted by atomic mass is 9.95. The molecule has 0 aliphatic carbocycles. The van der Waals surface area contributed by atoms with Crippen molar-refractivity contribution in [3.05, 3.63) is 16.5 Å². The van der Waals surface area contributed by atoms with Crippen LogP contribution in [-0.4, -0.2) is 23.1 Å². The van der Waals surface area contributed by atoms with E-state index in [2.05, 4.69) is 37.6 Å². The van der Waals surface area contributed by atoms with Crippen LogP contribution in [-0.2, 0) is 5.41 Å². The first-order valence-electron chi connectivity index (χ1n) is 6.58. The van der Waals surface area contributed by atoms with Crippen molar-refractivity contribution in [1.82, 2.24) is 9.97 Å². The Morgan fingerprint density at radius 2 is 1.94 bits per heavy atom. The summed E-state index contributed by atoms with van der Waals surface area (Å²) in [5.74, 6) is 2.58. The van der Waals surface area contributed by atoms with Gasteiger partial charge in [-0.25, -0.2) is 9.97 Å². The van der Waals surface area contributed by atoms with Crippen LogP contribution < -0.4 is 4.90 Å². The molecule has 2 heterocycles. The molecule has 0 N–H and O–H groups in total. The van der Waals surface area contributed by atoms with Crippen molar-refractivity contribution in [3.63, 3.8) is 0 Å². The second kappa shape index (κ2) is 4.69. The molecule has 4 heteroatoms. The third-order valence-corrected chi connectivity index (χ3v) is 3.82. The van der Waals surface area contributed by atoms with Gasteiger partial charge in [-0.3, -0.25) is 0 Å². The lowest BCUT2D eigenvalue weighted by molar-refractivity contribution is 0.543. The molecule has 100 valence electrons. The molecule has 1 aliphatic heterocycles. The van der Waals surface area contributed by atoms with Crippen molar-refractivity contribution in [1.29, 1.82) is 0 Å². The van der Waals surface area contributed by atoms with E-state index in [1.54, 1.807) is 0 Å². The van der Waals surface area contributed by atoms with Crippen LogP contribution in [0.3, 0.4) is 0 Å². The highest BCUT2D eigenvalue weighted by Crippen LogP contribution is 2.31. The number of aromatic nitrogens is 2. The van der Waals surface area contributed by atoms with Crippen LogP contribution in [0.1, 0.15) is 45.5 Å². The molecular weight excluding hydrogens is 246 g/mol. The Morgan fingerprint density at radius 1 is 1.28 bits per heavy atom.